The Morgan fingerprint density at radius 3 is 2.62 bits per heavy atom. The Morgan fingerprint density at radius 2 is 1.86 bits per heavy atom. The number of fused-ring (bicyclic) bond motifs is 1. The lowest BCUT2D eigenvalue weighted by atomic mass is 9.88. The third kappa shape index (κ3) is 5.57. The second kappa shape index (κ2) is 9.56. The molecule has 0 unspecified atom stereocenters. The number of hydrogen-bond donors (Lipinski definition) is 2. The van der Waals surface area contributed by atoms with Crippen molar-refractivity contribution in [1.29, 1.82) is 0 Å². The Bertz CT molecular complexity index is 898. The van der Waals surface area contributed by atoms with E-state index in [1.807, 2.05) is 18.2 Å². The van der Waals surface area contributed by atoms with E-state index in [1.165, 1.54) is 12.5 Å². The van der Waals surface area contributed by atoms with E-state index in [0.717, 1.165) is 24.8 Å². The van der Waals surface area contributed by atoms with E-state index in [1.54, 1.807) is 24.3 Å². The zero-order chi connectivity index (χ0) is 20.8. The summed E-state index contributed by atoms with van der Waals surface area (Å²) in [4.78, 5) is 36.5. The lowest BCUT2D eigenvalue weighted by Gasteiger charge is -2.26. The predicted molar refractivity (Wildman–Crippen MR) is 110 cm³/mol. The number of aryl methyl sites for hydroxylation is 1. The average Bonchev–Trinajstić information content (AvgIpc) is 2.72. The summed E-state index contributed by atoms with van der Waals surface area (Å²) in [5, 5.41) is 5.98. The van der Waals surface area contributed by atoms with Gasteiger partial charge in [-0.25, -0.2) is 4.79 Å². The van der Waals surface area contributed by atoms with Crippen molar-refractivity contribution in [2.24, 2.45) is 0 Å². The summed E-state index contributed by atoms with van der Waals surface area (Å²) < 4.78 is 5.06. The number of nitrogens with one attached hydrogen (secondary N) is 2. The second-order valence-electron chi connectivity index (χ2n) is 7.02. The summed E-state index contributed by atoms with van der Waals surface area (Å²) in [5.41, 5.74) is 2.73. The van der Waals surface area contributed by atoms with Gasteiger partial charge in [-0.1, -0.05) is 35.9 Å². The molecule has 152 valence electrons. The van der Waals surface area contributed by atoms with Gasteiger partial charge in [-0.3, -0.25) is 9.59 Å². The molecule has 1 aliphatic carbocycles. The van der Waals surface area contributed by atoms with Crippen molar-refractivity contribution in [2.45, 2.75) is 38.3 Å². The molecule has 29 heavy (non-hydrogen) atoms. The number of carbonyl (C=O) groups excluding carboxylic acids is 3. The maximum atomic E-state index is 12.2. The first-order chi connectivity index (χ1) is 13.9. The van der Waals surface area contributed by atoms with Crippen LogP contribution in [0.4, 0.5) is 0 Å². The molecule has 0 saturated heterocycles. The predicted octanol–water partition coefficient (Wildman–Crippen LogP) is 3.20. The lowest BCUT2D eigenvalue weighted by Crippen LogP contribution is -2.41. The highest BCUT2D eigenvalue weighted by atomic mass is 35.5. The van der Waals surface area contributed by atoms with Gasteiger partial charge in [0.2, 0.25) is 0 Å². The van der Waals surface area contributed by atoms with Gasteiger partial charge in [-0.15, -0.1) is 0 Å². The summed E-state index contributed by atoms with van der Waals surface area (Å²) in [6.07, 6.45) is 2.85. The fourth-order valence-electron chi connectivity index (χ4n) is 3.34. The SMILES string of the molecule is C[C@H](NC(=O)c1ccc(Cl)cc1)C(=O)OCC(=O)N[C@@H]1CCCc2ccccc21. The van der Waals surface area contributed by atoms with E-state index in [-0.39, 0.29) is 11.9 Å². The van der Waals surface area contributed by atoms with Gasteiger partial charge < -0.3 is 15.4 Å². The van der Waals surface area contributed by atoms with Crippen LogP contribution in [-0.4, -0.2) is 30.4 Å². The zero-order valence-electron chi connectivity index (χ0n) is 16.1. The highest BCUT2D eigenvalue weighted by molar-refractivity contribution is 6.30. The Hall–Kier alpha value is -2.86. The minimum Gasteiger partial charge on any atom is -0.454 e. The molecule has 2 aromatic carbocycles. The minimum absolute atomic E-state index is 0.0758. The maximum Gasteiger partial charge on any atom is 0.328 e. The number of carbonyl (C=O) groups is 3. The van der Waals surface area contributed by atoms with Crippen LogP contribution in [0.1, 0.15) is 47.3 Å². The highest BCUT2D eigenvalue weighted by Gasteiger charge is 2.23. The van der Waals surface area contributed by atoms with Crippen LogP contribution in [0.3, 0.4) is 0 Å². The fourth-order valence-corrected chi connectivity index (χ4v) is 3.47. The van der Waals surface area contributed by atoms with Crippen molar-refractivity contribution in [3.8, 4) is 0 Å². The van der Waals surface area contributed by atoms with Gasteiger partial charge in [-0.2, -0.15) is 0 Å². The van der Waals surface area contributed by atoms with Crippen LogP contribution in [0.25, 0.3) is 0 Å². The zero-order valence-corrected chi connectivity index (χ0v) is 16.9. The van der Waals surface area contributed by atoms with Crippen LogP contribution in [0.2, 0.25) is 5.02 Å². The van der Waals surface area contributed by atoms with Crippen LogP contribution >= 0.6 is 11.6 Å². The third-order valence-corrected chi connectivity index (χ3v) is 5.11. The first-order valence-corrected chi connectivity index (χ1v) is 9.92. The highest BCUT2D eigenvalue weighted by Crippen LogP contribution is 2.29. The van der Waals surface area contributed by atoms with Gasteiger partial charge >= 0.3 is 5.97 Å². The van der Waals surface area contributed by atoms with E-state index < -0.39 is 24.5 Å². The van der Waals surface area contributed by atoms with Gasteiger partial charge in [0.25, 0.3) is 11.8 Å². The normalized spacial score (nSPS) is 16.3. The molecular formula is C22H23ClN2O4. The number of rotatable bonds is 6. The molecule has 2 N–H and O–H groups in total. The Labute approximate surface area is 174 Å². The molecule has 2 atom stereocenters. The Balaban J connectivity index is 1.47. The van der Waals surface area contributed by atoms with Crippen LogP contribution in [0.15, 0.2) is 48.5 Å². The van der Waals surface area contributed by atoms with E-state index in [4.69, 9.17) is 16.3 Å². The molecule has 6 nitrogen and oxygen atoms in total. The van der Waals surface area contributed by atoms with Gasteiger partial charge in [0, 0.05) is 10.6 Å². The fraction of sp³-hybridized carbons (Fsp3) is 0.318. The smallest absolute Gasteiger partial charge is 0.328 e. The topological polar surface area (TPSA) is 84.5 Å². The number of hydrogen-bond acceptors (Lipinski definition) is 4. The third-order valence-electron chi connectivity index (χ3n) is 4.86. The van der Waals surface area contributed by atoms with Crippen LogP contribution in [0, 0.1) is 0 Å². The second-order valence-corrected chi connectivity index (χ2v) is 7.46. The first kappa shape index (κ1) is 20.9. The molecule has 0 fully saturated rings. The molecular weight excluding hydrogens is 392 g/mol. The molecule has 2 aromatic rings. The monoisotopic (exact) mass is 414 g/mol. The molecule has 1 aliphatic rings. The first-order valence-electron chi connectivity index (χ1n) is 9.54. The van der Waals surface area contributed by atoms with Crippen molar-refractivity contribution in [3.63, 3.8) is 0 Å². The van der Waals surface area contributed by atoms with Gasteiger partial charge in [0.1, 0.15) is 6.04 Å². The number of benzene rings is 2. The summed E-state index contributed by atoms with van der Waals surface area (Å²) in [6, 6.07) is 13.4. The van der Waals surface area contributed by atoms with E-state index in [0.29, 0.717) is 10.6 Å². The van der Waals surface area contributed by atoms with Gasteiger partial charge in [0.05, 0.1) is 6.04 Å². The van der Waals surface area contributed by atoms with Crippen LogP contribution in [-0.2, 0) is 20.7 Å². The van der Waals surface area contributed by atoms with Gasteiger partial charge in [0.15, 0.2) is 6.61 Å². The molecule has 7 heteroatoms. The van der Waals surface area contributed by atoms with Gasteiger partial charge in [-0.05, 0) is 61.6 Å². The molecule has 0 saturated carbocycles. The van der Waals surface area contributed by atoms with E-state index in [9.17, 15) is 14.4 Å². The molecule has 2 amide bonds. The standard InChI is InChI=1S/C22H23ClN2O4/c1-14(24-21(27)16-9-11-17(23)12-10-16)22(28)29-13-20(26)25-19-8-4-6-15-5-2-3-7-18(15)19/h2-3,5,7,9-12,14,19H,4,6,8,13H2,1H3,(H,24,27)(H,25,26)/t14-,19+/m0/s1. The molecule has 0 spiro atoms. The maximum absolute atomic E-state index is 12.2. The largest absolute Gasteiger partial charge is 0.454 e. The molecule has 0 radical (unpaired) electrons. The molecule has 0 aliphatic heterocycles. The van der Waals surface area contributed by atoms with Crippen LogP contribution < -0.4 is 10.6 Å². The molecule has 0 heterocycles. The quantitative estimate of drug-likeness (QED) is 0.711. The summed E-state index contributed by atoms with van der Waals surface area (Å²) in [5.74, 6) is -1.46. The van der Waals surface area contributed by atoms with Crippen molar-refractivity contribution in [3.05, 3.63) is 70.2 Å². The van der Waals surface area contributed by atoms with E-state index in [2.05, 4.69) is 16.7 Å². The average molecular weight is 415 g/mol. The lowest BCUT2D eigenvalue weighted by molar-refractivity contribution is -0.150. The number of esters is 1. The van der Waals surface area contributed by atoms with Crippen molar-refractivity contribution in [1.82, 2.24) is 10.6 Å². The number of halogens is 1. The minimum atomic E-state index is -0.888. The van der Waals surface area contributed by atoms with E-state index >= 15 is 0 Å². The Kier molecular flexibility index (Phi) is 6.88. The Morgan fingerprint density at radius 1 is 1.14 bits per heavy atom. The van der Waals surface area contributed by atoms with Crippen molar-refractivity contribution < 1.29 is 19.1 Å². The number of amides is 2. The molecule has 3 rings (SSSR count). The molecule has 0 bridgehead atoms. The summed E-state index contributed by atoms with van der Waals surface area (Å²) in [6.45, 7) is 1.12. The number of ether oxygens (including phenoxy) is 1. The van der Waals surface area contributed by atoms with Crippen LogP contribution in [0.5, 0.6) is 0 Å². The van der Waals surface area contributed by atoms with Crippen molar-refractivity contribution in [2.75, 3.05) is 6.61 Å². The summed E-state index contributed by atoms with van der Waals surface area (Å²) >= 11 is 5.80. The summed E-state index contributed by atoms with van der Waals surface area (Å²) in [7, 11) is 0. The molecule has 0 aromatic heterocycles. The van der Waals surface area contributed by atoms with Crippen molar-refractivity contribution >= 4 is 29.4 Å².